The predicted molar refractivity (Wildman–Crippen MR) is 68.7 cm³/mol. The van der Waals surface area contributed by atoms with Crippen LogP contribution in [-0.4, -0.2) is 18.8 Å². The van der Waals surface area contributed by atoms with Crippen molar-refractivity contribution in [3.63, 3.8) is 0 Å². The van der Waals surface area contributed by atoms with Crippen LogP contribution in [0.4, 0.5) is 8.78 Å². The number of methoxy groups -OCH3 is 1. The van der Waals surface area contributed by atoms with Gasteiger partial charge in [0.25, 0.3) is 0 Å². The molecule has 0 aromatic heterocycles. The lowest BCUT2D eigenvalue weighted by Gasteiger charge is -2.21. The quantitative estimate of drug-likeness (QED) is 0.822. The second-order valence-corrected chi connectivity index (χ2v) is 4.31. The summed E-state index contributed by atoms with van der Waals surface area (Å²) in [7, 11) is 1.38. The van der Waals surface area contributed by atoms with E-state index in [1.807, 2.05) is 13.8 Å². The summed E-state index contributed by atoms with van der Waals surface area (Å²) >= 11 is 0. The van der Waals surface area contributed by atoms with Crippen molar-refractivity contribution in [2.24, 2.45) is 5.92 Å². The minimum Gasteiger partial charge on any atom is -0.493 e. The van der Waals surface area contributed by atoms with Gasteiger partial charge in [0.1, 0.15) is 0 Å². The van der Waals surface area contributed by atoms with Crippen molar-refractivity contribution >= 4 is 0 Å². The summed E-state index contributed by atoms with van der Waals surface area (Å²) < 4.78 is 34.0. The maximum atomic E-state index is 12.3. The number of alkyl halides is 2. The Balaban J connectivity index is 3.02. The lowest BCUT2D eigenvalue weighted by Crippen LogP contribution is -2.12. The van der Waals surface area contributed by atoms with E-state index in [1.165, 1.54) is 19.2 Å². The van der Waals surface area contributed by atoms with Gasteiger partial charge in [0.05, 0.1) is 13.2 Å². The molecule has 5 heteroatoms. The minimum atomic E-state index is -2.92. The molecule has 1 aromatic carbocycles. The van der Waals surface area contributed by atoms with Gasteiger partial charge in [0, 0.05) is 0 Å². The van der Waals surface area contributed by atoms with E-state index < -0.39 is 12.7 Å². The second kappa shape index (κ2) is 7.28. The molecule has 1 aromatic rings. The van der Waals surface area contributed by atoms with E-state index in [0.29, 0.717) is 5.56 Å². The zero-order valence-electron chi connectivity index (χ0n) is 11.4. The standard InChI is InChI=1S/C14H20F2O3/c1-4-9(5-2)13(17)10-6-7-11(18-3)12(8-10)19-14(15)16/h6-9,13-14,17H,4-5H2,1-3H3. The number of aliphatic hydroxyl groups excluding tert-OH is 1. The largest absolute Gasteiger partial charge is 0.493 e. The summed E-state index contributed by atoms with van der Waals surface area (Å²) in [5, 5.41) is 10.2. The van der Waals surface area contributed by atoms with Crippen molar-refractivity contribution in [1.29, 1.82) is 0 Å². The summed E-state index contributed by atoms with van der Waals surface area (Å²) in [5.74, 6) is 0.258. The molecule has 0 bridgehead atoms. The zero-order valence-corrected chi connectivity index (χ0v) is 11.4. The molecule has 1 N–H and O–H groups in total. The Morgan fingerprint density at radius 1 is 1.16 bits per heavy atom. The number of halogens is 2. The van der Waals surface area contributed by atoms with Crippen LogP contribution < -0.4 is 9.47 Å². The van der Waals surface area contributed by atoms with Crippen molar-refractivity contribution in [2.45, 2.75) is 39.4 Å². The highest BCUT2D eigenvalue weighted by Crippen LogP contribution is 2.34. The highest BCUT2D eigenvalue weighted by atomic mass is 19.3. The Labute approximate surface area is 112 Å². The summed E-state index contributed by atoms with van der Waals surface area (Å²) in [5.41, 5.74) is 0.560. The third-order valence-electron chi connectivity index (χ3n) is 3.24. The molecule has 0 saturated heterocycles. The average Bonchev–Trinajstić information content (AvgIpc) is 2.39. The SMILES string of the molecule is CCC(CC)C(O)c1ccc(OC)c(OC(F)F)c1. The number of hydrogen-bond donors (Lipinski definition) is 1. The van der Waals surface area contributed by atoms with E-state index in [0.717, 1.165) is 12.8 Å². The van der Waals surface area contributed by atoms with Gasteiger partial charge in [-0.1, -0.05) is 32.8 Å². The molecule has 0 aliphatic heterocycles. The number of hydrogen-bond acceptors (Lipinski definition) is 3. The first kappa shape index (κ1) is 15.7. The molecule has 0 heterocycles. The molecule has 0 fully saturated rings. The average molecular weight is 274 g/mol. The summed E-state index contributed by atoms with van der Waals surface area (Å²) in [4.78, 5) is 0. The highest BCUT2D eigenvalue weighted by Gasteiger charge is 2.20. The molecule has 0 saturated carbocycles. The lowest BCUT2D eigenvalue weighted by molar-refractivity contribution is -0.0514. The molecule has 108 valence electrons. The van der Waals surface area contributed by atoms with Crippen LogP contribution in [0.5, 0.6) is 11.5 Å². The van der Waals surface area contributed by atoms with Gasteiger partial charge in [-0.3, -0.25) is 0 Å². The second-order valence-electron chi connectivity index (χ2n) is 4.31. The van der Waals surface area contributed by atoms with Crippen LogP contribution in [0.25, 0.3) is 0 Å². The summed E-state index contributed by atoms with van der Waals surface area (Å²) in [6.45, 7) is 1.05. The minimum absolute atomic E-state index is 0.0555. The molecule has 0 aliphatic rings. The molecule has 1 atom stereocenters. The molecule has 0 aliphatic carbocycles. The zero-order chi connectivity index (χ0) is 14.4. The Morgan fingerprint density at radius 2 is 1.79 bits per heavy atom. The van der Waals surface area contributed by atoms with Gasteiger partial charge in [0.2, 0.25) is 0 Å². The summed E-state index contributed by atoms with van der Waals surface area (Å²) in [6, 6.07) is 4.60. The van der Waals surface area contributed by atoms with Crippen LogP contribution in [-0.2, 0) is 0 Å². The van der Waals surface area contributed by atoms with E-state index >= 15 is 0 Å². The van der Waals surface area contributed by atoms with E-state index in [4.69, 9.17) is 4.74 Å². The van der Waals surface area contributed by atoms with Gasteiger partial charge in [0.15, 0.2) is 11.5 Å². The van der Waals surface area contributed by atoms with E-state index in [-0.39, 0.29) is 17.4 Å². The first-order valence-electron chi connectivity index (χ1n) is 6.34. The Bertz CT molecular complexity index is 392. The number of rotatable bonds is 7. The summed E-state index contributed by atoms with van der Waals surface area (Å²) in [6.07, 6.45) is 0.935. The van der Waals surface area contributed by atoms with E-state index in [9.17, 15) is 13.9 Å². The number of aliphatic hydroxyl groups is 1. The van der Waals surface area contributed by atoms with Gasteiger partial charge in [-0.05, 0) is 23.6 Å². The van der Waals surface area contributed by atoms with E-state index in [2.05, 4.69) is 4.74 Å². The molecule has 1 rings (SSSR count). The Kier molecular flexibility index (Phi) is 6.02. The van der Waals surface area contributed by atoms with Crippen molar-refractivity contribution in [2.75, 3.05) is 7.11 Å². The molecule has 19 heavy (non-hydrogen) atoms. The lowest BCUT2D eigenvalue weighted by atomic mass is 9.91. The van der Waals surface area contributed by atoms with Crippen LogP contribution in [0.2, 0.25) is 0 Å². The van der Waals surface area contributed by atoms with Crippen LogP contribution >= 0.6 is 0 Å². The third kappa shape index (κ3) is 4.06. The van der Waals surface area contributed by atoms with Crippen molar-refractivity contribution < 1.29 is 23.4 Å². The topological polar surface area (TPSA) is 38.7 Å². The maximum Gasteiger partial charge on any atom is 0.387 e. The third-order valence-corrected chi connectivity index (χ3v) is 3.24. The van der Waals surface area contributed by atoms with Gasteiger partial charge >= 0.3 is 6.61 Å². The first-order valence-corrected chi connectivity index (χ1v) is 6.34. The monoisotopic (exact) mass is 274 g/mol. The normalized spacial score (nSPS) is 12.8. The van der Waals surface area contributed by atoms with Crippen LogP contribution in [0, 0.1) is 5.92 Å². The van der Waals surface area contributed by atoms with Gasteiger partial charge in [-0.15, -0.1) is 0 Å². The molecule has 1 unspecified atom stereocenters. The fourth-order valence-corrected chi connectivity index (χ4v) is 2.07. The molecular formula is C14H20F2O3. The fourth-order valence-electron chi connectivity index (χ4n) is 2.07. The Morgan fingerprint density at radius 3 is 2.26 bits per heavy atom. The van der Waals surface area contributed by atoms with Gasteiger partial charge in [-0.2, -0.15) is 8.78 Å². The fraction of sp³-hybridized carbons (Fsp3) is 0.571. The predicted octanol–water partition coefficient (Wildman–Crippen LogP) is 3.77. The van der Waals surface area contributed by atoms with Crippen LogP contribution in [0.1, 0.15) is 38.4 Å². The van der Waals surface area contributed by atoms with Crippen molar-refractivity contribution in [3.8, 4) is 11.5 Å². The molecule has 0 radical (unpaired) electrons. The van der Waals surface area contributed by atoms with Crippen LogP contribution in [0.15, 0.2) is 18.2 Å². The molecular weight excluding hydrogens is 254 g/mol. The number of ether oxygens (including phenoxy) is 2. The number of benzene rings is 1. The molecule has 0 spiro atoms. The first-order chi connectivity index (χ1) is 9.03. The maximum absolute atomic E-state index is 12.3. The molecule has 0 amide bonds. The van der Waals surface area contributed by atoms with E-state index in [1.54, 1.807) is 6.07 Å². The highest BCUT2D eigenvalue weighted by molar-refractivity contribution is 5.43. The van der Waals surface area contributed by atoms with Crippen molar-refractivity contribution in [1.82, 2.24) is 0 Å². The van der Waals surface area contributed by atoms with Crippen molar-refractivity contribution in [3.05, 3.63) is 23.8 Å². The molecule has 3 nitrogen and oxygen atoms in total. The van der Waals surface area contributed by atoms with Gasteiger partial charge < -0.3 is 14.6 Å². The van der Waals surface area contributed by atoms with Crippen LogP contribution in [0.3, 0.4) is 0 Å². The Hall–Kier alpha value is -1.36. The smallest absolute Gasteiger partial charge is 0.387 e. The van der Waals surface area contributed by atoms with Gasteiger partial charge in [-0.25, -0.2) is 0 Å².